The quantitative estimate of drug-likeness (QED) is 0.454. The lowest BCUT2D eigenvalue weighted by molar-refractivity contribution is 0.0640. The third kappa shape index (κ3) is 4.28. The smallest absolute Gasteiger partial charge is 0.259 e. The third-order valence-electron chi connectivity index (χ3n) is 6.38. The average Bonchev–Trinajstić information content (AvgIpc) is 3.38. The van der Waals surface area contributed by atoms with Gasteiger partial charge in [-0.1, -0.05) is 35.5 Å². The first-order valence-electron chi connectivity index (χ1n) is 11.4. The lowest BCUT2D eigenvalue weighted by Gasteiger charge is -2.35. The summed E-state index contributed by atoms with van der Waals surface area (Å²) in [5, 5.41) is 4.76. The monoisotopic (exact) mass is 444 g/mol. The first kappa shape index (κ1) is 21.4. The van der Waals surface area contributed by atoms with Crippen LogP contribution in [-0.2, 0) is 6.42 Å². The van der Waals surface area contributed by atoms with E-state index in [1.165, 1.54) is 5.56 Å². The van der Waals surface area contributed by atoms with Crippen molar-refractivity contribution in [2.24, 2.45) is 0 Å². The number of carbonyl (C=O) groups is 1. The van der Waals surface area contributed by atoms with Gasteiger partial charge in [-0.3, -0.25) is 9.69 Å². The van der Waals surface area contributed by atoms with Crippen LogP contribution in [0.25, 0.3) is 22.4 Å². The minimum absolute atomic E-state index is 0.00414. The van der Waals surface area contributed by atoms with Crippen molar-refractivity contribution in [3.8, 4) is 11.3 Å². The Morgan fingerprint density at radius 2 is 1.79 bits per heavy atom. The van der Waals surface area contributed by atoms with E-state index in [1.807, 2.05) is 43.9 Å². The molecule has 7 heteroatoms. The van der Waals surface area contributed by atoms with Gasteiger partial charge in [0.15, 0.2) is 0 Å². The maximum atomic E-state index is 13.6. The Bertz CT molecular complexity index is 1280. The molecule has 1 aliphatic heterocycles. The van der Waals surface area contributed by atoms with Gasteiger partial charge in [-0.25, -0.2) is 4.98 Å². The lowest BCUT2D eigenvalue weighted by Crippen LogP contribution is -2.49. The van der Waals surface area contributed by atoms with Crippen LogP contribution in [-0.4, -0.2) is 58.6 Å². The molecule has 3 aromatic heterocycles. The number of hydrogen-bond acceptors (Lipinski definition) is 6. The summed E-state index contributed by atoms with van der Waals surface area (Å²) in [6.45, 7) is 9.76. The topological polar surface area (TPSA) is 75.6 Å². The molecule has 0 saturated carbocycles. The summed E-state index contributed by atoms with van der Waals surface area (Å²) < 4.78 is 11.1. The van der Waals surface area contributed by atoms with Crippen LogP contribution < -0.4 is 0 Å². The molecule has 1 aliphatic rings. The number of nitrogens with zero attached hydrogens (tertiary/aromatic N) is 4. The number of fused-ring (bicyclic) bond motifs is 1. The molecule has 7 nitrogen and oxygen atoms in total. The number of amides is 1. The van der Waals surface area contributed by atoms with Crippen molar-refractivity contribution in [3.05, 3.63) is 70.8 Å². The number of furan rings is 1. The molecule has 5 rings (SSSR count). The largest absolute Gasteiger partial charge is 0.466 e. The molecule has 33 heavy (non-hydrogen) atoms. The summed E-state index contributed by atoms with van der Waals surface area (Å²) >= 11 is 0. The summed E-state index contributed by atoms with van der Waals surface area (Å²) in [4.78, 5) is 22.6. The third-order valence-corrected chi connectivity index (χ3v) is 6.38. The van der Waals surface area contributed by atoms with E-state index in [2.05, 4.69) is 39.3 Å². The normalized spacial score (nSPS) is 14.8. The molecule has 0 bridgehead atoms. The molecule has 1 aromatic carbocycles. The van der Waals surface area contributed by atoms with Crippen molar-refractivity contribution < 1.29 is 13.7 Å². The summed E-state index contributed by atoms with van der Waals surface area (Å²) in [5.41, 5.74) is 4.52. The Kier molecular flexibility index (Phi) is 5.72. The van der Waals surface area contributed by atoms with Crippen molar-refractivity contribution >= 4 is 17.0 Å². The van der Waals surface area contributed by atoms with E-state index in [-0.39, 0.29) is 5.91 Å². The van der Waals surface area contributed by atoms with E-state index >= 15 is 0 Å². The Hall–Kier alpha value is -3.45. The minimum atomic E-state index is -0.00414. The molecule has 4 aromatic rings. The number of pyridine rings is 1. The highest BCUT2D eigenvalue weighted by molar-refractivity contribution is 6.07. The number of piperazine rings is 1. The number of aromatic nitrogens is 2. The SMILES string of the molecule is Cc1cc(-c2cc(C(=O)N3CCN(CCc4ccccc4)CC3)c3c(C)noc3n2)c(C)o1. The molecule has 0 spiro atoms. The van der Waals surface area contributed by atoms with Gasteiger partial charge in [-0.15, -0.1) is 0 Å². The van der Waals surface area contributed by atoms with E-state index in [4.69, 9.17) is 8.94 Å². The second-order valence-corrected chi connectivity index (χ2v) is 8.70. The standard InChI is InChI=1S/C26H28N4O3/c1-17-15-21(19(3)32-17)23-16-22(24-18(2)28-33-25(24)27-23)26(31)30-13-11-29(12-14-30)10-9-20-7-5-4-6-8-20/h4-8,15-16H,9-14H2,1-3H3. The molecule has 170 valence electrons. The van der Waals surface area contributed by atoms with Crippen LogP contribution >= 0.6 is 0 Å². The zero-order chi connectivity index (χ0) is 22.9. The molecule has 0 radical (unpaired) electrons. The second kappa shape index (κ2) is 8.83. The van der Waals surface area contributed by atoms with E-state index in [0.29, 0.717) is 41.1 Å². The fourth-order valence-corrected chi connectivity index (χ4v) is 4.56. The zero-order valence-electron chi connectivity index (χ0n) is 19.3. The van der Waals surface area contributed by atoms with Gasteiger partial charge in [-0.05, 0) is 44.9 Å². The second-order valence-electron chi connectivity index (χ2n) is 8.70. The van der Waals surface area contributed by atoms with E-state index in [1.54, 1.807) is 0 Å². The van der Waals surface area contributed by atoms with Gasteiger partial charge in [0.25, 0.3) is 11.6 Å². The van der Waals surface area contributed by atoms with Crippen LogP contribution in [0.2, 0.25) is 0 Å². The predicted octanol–water partition coefficient (Wildman–Crippen LogP) is 4.41. The van der Waals surface area contributed by atoms with Crippen LogP contribution in [0, 0.1) is 20.8 Å². The Labute approximate surface area is 193 Å². The van der Waals surface area contributed by atoms with E-state index in [9.17, 15) is 4.79 Å². The van der Waals surface area contributed by atoms with Crippen LogP contribution in [0.3, 0.4) is 0 Å². The van der Waals surface area contributed by atoms with Crippen LogP contribution in [0.1, 0.15) is 33.1 Å². The number of carbonyl (C=O) groups excluding carboxylic acids is 1. The summed E-state index contributed by atoms with van der Waals surface area (Å²) in [6, 6.07) is 14.3. The van der Waals surface area contributed by atoms with Crippen molar-refractivity contribution in [1.82, 2.24) is 19.9 Å². The van der Waals surface area contributed by atoms with Crippen molar-refractivity contribution in [2.45, 2.75) is 27.2 Å². The zero-order valence-corrected chi connectivity index (χ0v) is 19.3. The molecule has 4 heterocycles. The highest BCUT2D eigenvalue weighted by Crippen LogP contribution is 2.31. The number of rotatable bonds is 5. The van der Waals surface area contributed by atoms with Crippen molar-refractivity contribution in [1.29, 1.82) is 0 Å². The Morgan fingerprint density at radius 1 is 1.03 bits per heavy atom. The number of benzene rings is 1. The first-order valence-corrected chi connectivity index (χ1v) is 11.4. The highest BCUT2D eigenvalue weighted by Gasteiger charge is 2.27. The van der Waals surface area contributed by atoms with Gasteiger partial charge in [0, 0.05) is 38.3 Å². The number of aryl methyl sites for hydroxylation is 3. The van der Waals surface area contributed by atoms with Crippen LogP contribution in [0.4, 0.5) is 0 Å². The molecular formula is C26H28N4O3. The average molecular weight is 445 g/mol. The lowest BCUT2D eigenvalue weighted by atomic mass is 10.0. The van der Waals surface area contributed by atoms with Gasteiger partial charge in [0.05, 0.1) is 22.3 Å². The van der Waals surface area contributed by atoms with E-state index < -0.39 is 0 Å². The summed E-state index contributed by atoms with van der Waals surface area (Å²) in [7, 11) is 0. The minimum Gasteiger partial charge on any atom is -0.466 e. The molecule has 1 amide bonds. The molecular weight excluding hydrogens is 416 g/mol. The molecule has 0 atom stereocenters. The van der Waals surface area contributed by atoms with Gasteiger partial charge in [0.1, 0.15) is 11.5 Å². The van der Waals surface area contributed by atoms with Crippen molar-refractivity contribution in [2.75, 3.05) is 32.7 Å². The fraction of sp³-hybridized carbons (Fsp3) is 0.346. The first-order chi connectivity index (χ1) is 16.0. The molecule has 1 saturated heterocycles. The highest BCUT2D eigenvalue weighted by atomic mass is 16.5. The van der Waals surface area contributed by atoms with Gasteiger partial charge < -0.3 is 13.8 Å². The van der Waals surface area contributed by atoms with Gasteiger partial charge in [-0.2, -0.15) is 0 Å². The van der Waals surface area contributed by atoms with Gasteiger partial charge in [0.2, 0.25) is 0 Å². The Balaban J connectivity index is 1.35. The van der Waals surface area contributed by atoms with Crippen LogP contribution in [0.15, 0.2) is 51.4 Å². The molecule has 1 fully saturated rings. The van der Waals surface area contributed by atoms with Gasteiger partial charge >= 0.3 is 0 Å². The number of hydrogen-bond donors (Lipinski definition) is 0. The molecule has 0 aliphatic carbocycles. The molecule has 0 unspecified atom stereocenters. The molecule has 0 N–H and O–H groups in total. The van der Waals surface area contributed by atoms with Crippen LogP contribution in [0.5, 0.6) is 0 Å². The fourth-order valence-electron chi connectivity index (χ4n) is 4.56. The maximum absolute atomic E-state index is 13.6. The summed E-state index contributed by atoms with van der Waals surface area (Å²) in [6.07, 6.45) is 1.02. The Morgan fingerprint density at radius 3 is 2.48 bits per heavy atom. The van der Waals surface area contributed by atoms with E-state index in [0.717, 1.165) is 43.1 Å². The summed E-state index contributed by atoms with van der Waals surface area (Å²) in [5.74, 6) is 1.56. The van der Waals surface area contributed by atoms with Crippen molar-refractivity contribution in [3.63, 3.8) is 0 Å². The maximum Gasteiger partial charge on any atom is 0.259 e. The predicted molar refractivity (Wildman–Crippen MR) is 126 cm³/mol.